The van der Waals surface area contributed by atoms with Crippen molar-refractivity contribution in [2.24, 2.45) is 0 Å². The fourth-order valence-corrected chi connectivity index (χ4v) is 3.16. The number of anilines is 1. The predicted molar refractivity (Wildman–Crippen MR) is 95.5 cm³/mol. The van der Waals surface area contributed by atoms with Gasteiger partial charge in [-0.25, -0.2) is 4.39 Å². The summed E-state index contributed by atoms with van der Waals surface area (Å²) in [6.45, 7) is 2.10. The summed E-state index contributed by atoms with van der Waals surface area (Å²) in [6.07, 6.45) is -4.59. The standard InChI is InChI=1S/C20H17F4N3O/c21-16-4-1-14(2-5-16)19(28)13-26-7-9-27(10-8-26)17-6-3-15(12-25)18(11-17)20(22,23)24/h1-6,11H,7-10,13H2. The Labute approximate surface area is 159 Å². The molecule has 0 saturated carbocycles. The second-order valence-electron chi connectivity index (χ2n) is 6.53. The van der Waals surface area contributed by atoms with E-state index in [2.05, 4.69) is 0 Å². The molecule has 0 unspecified atom stereocenters. The molecule has 0 bridgehead atoms. The number of hydrogen-bond acceptors (Lipinski definition) is 4. The van der Waals surface area contributed by atoms with Gasteiger partial charge in [0.05, 0.1) is 23.7 Å². The number of rotatable bonds is 4. The van der Waals surface area contributed by atoms with Crippen LogP contribution in [0.1, 0.15) is 21.5 Å². The number of benzene rings is 2. The largest absolute Gasteiger partial charge is 0.417 e. The smallest absolute Gasteiger partial charge is 0.369 e. The minimum Gasteiger partial charge on any atom is -0.369 e. The van der Waals surface area contributed by atoms with Crippen LogP contribution in [0.15, 0.2) is 42.5 Å². The van der Waals surface area contributed by atoms with Gasteiger partial charge in [0.25, 0.3) is 0 Å². The number of carbonyl (C=O) groups excluding carboxylic acids is 1. The minimum atomic E-state index is -4.59. The summed E-state index contributed by atoms with van der Waals surface area (Å²) in [6, 6.07) is 10.6. The second kappa shape index (κ2) is 7.98. The van der Waals surface area contributed by atoms with Crippen LogP contribution in [0.4, 0.5) is 23.2 Å². The van der Waals surface area contributed by atoms with E-state index >= 15 is 0 Å². The summed E-state index contributed by atoms with van der Waals surface area (Å²) in [5.41, 5.74) is -0.525. The summed E-state index contributed by atoms with van der Waals surface area (Å²) in [5, 5.41) is 8.89. The third kappa shape index (κ3) is 4.49. The summed E-state index contributed by atoms with van der Waals surface area (Å²) < 4.78 is 52.4. The molecule has 0 amide bonds. The zero-order valence-electron chi connectivity index (χ0n) is 14.8. The molecule has 1 aliphatic rings. The van der Waals surface area contributed by atoms with Crippen LogP contribution >= 0.6 is 0 Å². The quantitative estimate of drug-likeness (QED) is 0.589. The number of hydrogen-bond donors (Lipinski definition) is 0. The first-order valence-electron chi connectivity index (χ1n) is 8.65. The highest BCUT2D eigenvalue weighted by atomic mass is 19.4. The van der Waals surface area contributed by atoms with Gasteiger partial charge in [-0.1, -0.05) is 0 Å². The number of ketones is 1. The van der Waals surface area contributed by atoms with Gasteiger partial charge in [-0.15, -0.1) is 0 Å². The van der Waals surface area contributed by atoms with E-state index in [-0.39, 0.29) is 12.3 Å². The van der Waals surface area contributed by atoms with Crippen molar-refractivity contribution in [3.05, 3.63) is 65.0 Å². The maximum atomic E-state index is 13.1. The molecular formula is C20H17F4N3O. The van der Waals surface area contributed by atoms with Crippen LogP contribution < -0.4 is 4.90 Å². The lowest BCUT2D eigenvalue weighted by Crippen LogP contribution is -2.48. The molecule has 0 aromatic heterocycles. The number of piperazine rings is 1. The van der Waals surface area contributed by atoms with E-state index in [0.29, 0.717) is 37.4 Å². The Morgan fingerprint density at radius 3 is 2.25 bits per heavy atom. The Bertz CT molecular complexity index is 895. The lowest BCUT2D eigenvalue weighted by atomic mass is 10.1. The van der Waals surface area contributed by atoms with Crippen LogP contribution in [0.25, 0.3) is 0 Å². The lowest BCUT2D eigenvalue weighted by Gasteiger charge is -2.36. The second-order valence-corrected chi connectivity index (χ2v) is 6.53. The molecule has 28 heavy (non-hydrogen) atoms. The van der Waals surface area contributed by atoms with Gasteiger partial charge in [0.1, 0.15) is 5.82 Å². The Morgan fingerprint density at radius 1 is 1.04 bits per heavy atom. The van der Waals surface area contributed by atoms with Crippen molar-refractivity contribution >= 4 is 11.5 Å². The van der Waals surface area contributed by atoms with Crippen molar-refractivity contribution in [2.45, 2.75) is 6.18 Å². The van der Waals surface area contributed by atoms with Crippen molar-refractivity contribution in [2.75, 3.05) is 37.6 Å². The van der Waals surface area contributed by atoms with Gasteiger partial charge in [0.2, 0.25) is 0 Å². The SMILES string of the molecule is N#Cc1ccc(N2CCN(CC(=O)c3ccc(F)cc3)CC2)cc1C(F)(F)F. The Hall–Kier alpha value is -2.92. The fourth-order valence-electron chi connectivity index (χ4n) is 3.16. The number of halogens is 4. The first-order valence-corrected chi connectivity index (χ1v) is 8.65. The summed E-state index contributed by atoms with van der Waals surface area (Å²) in [5.74, 6) is -0.544. The van der Waals surface area contributed by atoms with Gasteiger partial charge in [-0.05, 0) is 42.5 Å². The van der Waals surface area contributed by atoms with E-state index in [0.717, 1.165) is 6.07 Å². The maximum absolute atomic E-state index is 13.1. The first-order chi connectivity index (χ1) is 13.3. The number of nitrogens with zero attached hydrogens (tertiary/aromatic N) is 3. The monoisotopic (exact) mass is 391 g/mol. The van der Waals surface area contributed by atoms with Gasteiger partial charge in [0, 0.05) is 37.4 Å². The van der Waals surface area contributed by atoms with Gasteiger partial charge in [0.15, 0.2) is 5.78 Å². The van der Waals surface area contributed by atoms with E-state index in [1.165, 1.54) is 36.4 Å². The molecule has 4 nitrogen and oxygen atoms in total. The molecule has 0 aliphatic carbocycles. The van der Waals surface area contributed by atoms with Crippen LogP contribution in [0.3, 0.4) is 0 Å². The summed E-state index contributed by atoms with van der Waals surface area (Å²) in [4.78, 5) is 16.0. The van der Waals surface area contributed by atoms with Crippen LogP contribution in [0.5, 0.6) is 0 Å². The third-order valence-electron chi connectivity index (χ3n) is 4.70. The van der Waals surface area contributed by atoms with Crippen LogP contribution in [-0.2, 0) is 6.18 Å². The zero-order chi connectivity index (χ0) is 20.3. The third-order valence-corrected chi connectivity index (χ3v) is 4.70. The average molecular weight is 391 g/mol. The maximum Gasteiger partial charge on any atom is 0.417 e. The topological polar surface area (TPSA) is 47.3 Å². The van der Waals surface area contributed by atoms with Crippen LogP contribution in [0.2, 0.25) is 0 Å². The van der Waals surface area contributed by atoms with E-state index < -0.39 is 23.1 Å². The summed E-state index contributed by atoms with van der Waals surface area (Å²) in [7, 11) is 0. The van der Waals surface area contributed by atoms with Crippen molar-refractivity contribution in [1.29, 1.82) is 5.26 Å². The van der Waals surface area contributed by atoms with Crippen LogP contribution in [0, 0.1) is 17.1 Å². The van der Waals surface area contributed by atoms with Gasteiger partial charge < -0.3 is 4.90 Å². The van der Waals surface area contributed by atoms with E-state index in [1.807, 2.05) is 4.90 Å². The first kappa shape index (κ1) is 19.8. The molecule has 8 heteroatoms. The van der Waals surface area contributed by atoms with Gasteiger partial charge in [-0.2, -0.15) is 18.4 Å². The number of carbonyl (C=O) groups is 1. The van der Waals surface area contributed by atoms with Crippen LogP contribution in [-0.4, -0.2) is 43.4 Å². The molecule has 0 radical (unpaired) electrons. The molecule has 0 atom stereocenters. The molecule has 1 aliphatic heterocycles. The van der Waals surface area contributed by atoms with Gasteiger partial charge >= 0.3 is 6.18 Å². The minimum absolute atomic E-state index is 0.133. The molecule has 2 aromatic carbocycles. The van der Waals surface area contributed by atoms with E-state index in [4.69, 9.17) is 5.26 Å². The molecule has 2 aromatic rings. The highest BCUT2D eigenvalue weighted by molar-refractivity contribution is 5.97. The fraction of sp³-hybridized carbons (Fsp3) is 0.300. The molecule has 1 fully saturated rings. The molecule has 146 valence electrons. The Balaban J connectivity index is 1.63. The van der Waals surface area contributed by atoms with Crippen molar-refractivity contribution in [3.8, 4) is 6.07 Å². The molecule has 0 spiro atoms. The highest BCUT2D eigenvalue weighted by Gasteiger charge is 2.34. The molecule has 1 heterocycles. The van der Waals surface area contributed by atoms with E-state index in [9.17, 15) is 22.4 Å². The lowest BCUT2D eigenvalue weighted by molar-refractivity contribution is -0.137. The zero-order valence-corrected chi connectivity index (χ0v) is 14.8. The molecule has 3 rings (SSSR count). The number of alkyl halides is 3. The predicted octanol–water partition coefficient (Wildman–Crippen LogP) is 3.72. The van der Waals surface area contributed by atoms with Gasteiger partial charge in [-0.3, -0.25) is 9.69 Å². The van der Waals surface area contributed by atoms with Crippen molar-refractivity contribution in [1.82, 2.24) is 4.90 Å². The summed E-state index contributed by atoms with van der Waals surface area (Å²) >= 11 is 0. The number of nitriles is 1. The van der Waals surface area contributed by atoms with E-state index in [1.54, 1.807) is 11.0 Å². The normalized spacial score (nSPS) is 15.3. The number of Topliss-reactive ketones (excluding diaryl/α,β-unsaturated/α-hetero) is 1. The Morgan fingerprint density at radius 2 is 1.68 bits per heavy atom. The highest BCUT2D eigenvalue weighted by Crippen LogP contribution is 2.34. The molecular weight excluding hydrogens is 374 g/mol. The van der Waals surface area contributed by atoms with Crippen molar-refractivity contribution < 1.29 is 22.4 Å². The average Bonchev–Trinajstić information content (AvgIpc) is 2.68. The Kier molecular flexibility index (Phi) is 5.66. The molecule has 1 saturated heterocycles. The molecule has 0 N–H and O–H groups in total. The van der Waals surface area contributed by atoms with Crippen molar-refractivity contribution in [3.63, 3.8) is 0 Å².